The highest BCUT2D eigenvalue weighted by Crippen LogP contribution is 2.24. The van der Waals surface area contributed by atoms with Crippen LogP contribution in [0.1, 0.15) is 48.4 Å². The van der Waals surface area contributed by atoms with Crippen molar-refractivity contribution in [2.75, 3.05) is 0 Å². The number of hydrogen-bond acceptors (Lipinski definition) is 3. The molecule has 0 spiro atoms. The maximum absolute atomic E-state index is 13.0. The van der Waals surface area contributed by atoms with E-state index in [1.807, 2.05) is 12.1 Å². The predicted octanol–water partition coefficient (Wildman–Crippen LogP) is 3.51. The van der Waals surface area contributed by atoms with Gasteiger partial charge in [-0.05, 0) is 35.2 Å². The van der Waals surface area contributed by atoms with Gasteiger partial charge in [-0.1, -0.05) is 45.0 Å². The van der Waals surface area contributed by atoms with Gasteiger partial charge in [0.2, 0.25) is 6.10 Å². The standard InChI is InChI=1S/C19H20FNO3/c1-19(2,3)14-8-4-13(5-9-14)18(23)24-16(17(21)22)12-6-10-15(20)11-7-12/h4-11,16H,1-3H3,(H2,21,22)/t16-/m1/s1. The van der Waals surface area contributed by atoms with Crippen LogP contribution in [0.3, 0.4) is 0 Å². The van der Waals surface area contributed by atoms with Gasteiger partial charge in [-0.3, -0.25) is 4.79 Å². The minimum Gasteiger partial charge on any atom is -0.444 e. The molecule has 0 fully saturated rings. The number of ether oxygens (including phenoxy) is 1. The zero-order valence-electron chi connectivity index (χ0n) is 13.9. The number of halogens is 1. The molecular formula is C19H20FNO3. The fraction of sp³-hybridized carbons (Fsp3) is 0.263. The topological polar surface area (TPSA) is 69.4 Å². The van der Waals surface area contributed by atoms with Crippen LogP contribution < -0.4 is 5.73 Å². The van der Waals surface area contributed by atoms with Crippen LogP contribution in [0.5, 0.6) is 0 Å². The lowest BCUT2D eigenvalue weighted by molar-refractivity contribution is -0.127. The van der Waals surface area contributed by atoms with Crippen molar-refractivity contribution in [3.8, 4) is 0 Å². The quantitative estimate of drug-likeness (QED) is 0.873. The number of hydrogen-bond donors (Lipinski definition) is 1. The maximum Gasteiger partial charge on any atom is 0.339 e. The molecule has 0 aliphatic heterocycles. The second kappa shape index (κ2) is 6.83. The first-order valence-electron chi connectivity index (χ1n) is 7.55. The van der Waals surface area contributed by atoms with E-state index in [1.54, 1.807) is 12.1 Å². The first kappa shape index (κ1) is 17.7. The molecule has 2 rings (SSSR count). The predicted molar refractivity (Wildman–Crippen MR) is 88.9 cm³/mol. The maximum atomic E-state index is 13.0. The van der Waals surface area contributed by atoms with Gasteiger partial charge in [0.15, 0.2) is 0 Å². The molecule has 0 saturated heterocycles. The Morgan fingerprint density at radius 2 is 1.54 bits per heavy atom. The van der Waals surface area contributed by atoms with Crippen LogP contribution in [0.2, 0.25) is 0 Å². The van der Waals surface area contributed by atoms with Crippen molar-refractivity contribution < 1.29 is 18.7 Å². The van der Waals surface area contributed by atoms with Gasteiger partial charge in [0.1, 0.15) is 5.82 Å². The molecule has 24 heavy (non-hydrogen) atoms. The van der Waals surface area contributed by atoms with Crippen LogP contribution in [0.25, 0.3) is 0 Å². The second-order valence-corrected chi connectivity index (χ2v) is 6.57. The average molecular weight is 329 g/mol. The lowest BCUT2D eigenvalue weighted by Gasteiger charge is -2.19. The summed E-state index contributed by atoms with van der Waals surface area (Å²) >= 11 is 0. The zero-order valence-corrected chi connectivity index (χ0v) is 13.9. The number of carbonyl (C=O) groups excluding carboxylic acids is 2. The highest BCUT2D eigenvalue weighted by Gasteiger charge is 2.24. The van der Waals surface area contributed by atoms with E-state index in [9.17, 15) is 14.0 Å². The number of carbonyl (C=O) groups is 2. The lowest BCUT2D eigenvalue weighted by Crippen LogP contribution is -2.26. The summed E-state index contributed by atoms with van der Waals surface area (Å²) in [5.41, 5.74) is 6.98. The van der Waals surface area contributed by atoms with E-state index in [4.69, 9.17) is 10.5 Å². The van der Waals surface area contributed by atoms with Crippen molar-refractivity contribution in [2.45, 2.75) is 32.3 Å². The van der Waals surface area contributed by atoms with Crippen LogP contribution in [0.15, 0.2) is 48.5 Å². The molecule has 2 aromatic carbocycles. The molecule has 0 unspecified atom stereocenters. The van der Waals surface area contributed by atoms with Crippen LogP contribution >= 0.6 is 0 Å². The van der Waals surface area contributed by atoms with Gasteiger partial charge in [0.05, 0.1) is 5.56 Å². The third-order valence-electron chi connectivity index (χ3n) is 3.64. The summed E-state index contributed by atoms with van der Waals surface area (Å²) in [5.74, 6) is -1.93. The summed E-state index contributed by atoms with van der Waals surface area (Å²) < 4.78 is 18.2. The van der Waals surface area contributed by atoms with E-state index >= 15 is 0 Å². The summed E-state index contributed by atoms with van der Waals surface area (Å²) in [5, 5.41) is 0. The zero-order chi connectivity index (χ0) is 17.9. The number of primary amides is 1. The Morgan fingerprint density at radius 3 is 2.00 bits per heavy atom. The first-order valence-corrected chi connectivity index (χ1v) is 7.55. The van der Waals surface area contributed by atoms with Gasteiger partial charge in [0, 0.05) is 5.56 Å². The summed E-state index contributed by atoms with van der Waals surface area (Å²) in [6, 6.07) is 12.1. The Kier molecular flexibility index (Phi) is 5.02. The molecule has 0 bridgehead atoms. The highest BCUT2D eigenvalue weighted by molar-refractivity contribution is 5.92. The molecule has 0 saturated carbocycles. The van der Waals surface area contributed by atoms with E-state index in [-0.39, 0.29) is 5.41 Å². The molecular weight excluding hydrogens is 309 g/mol. The van der Waals surface area contributed by atoms with Gasteiger partial charge >= 0.3 is 5.97 Å². The molecule has 0 heterocycles. The van der Waals surface area contributed by atoms with E-state index in [0.717, 1.165) is 5.56 Å². The van der Waals surface area contributed by atoms with Crippen LogP contribution in [-0.2, 0) is 14.9 Å². The Labute approximate surface area is 140 Å². The van der Waals surface area contributed by atoms with Gasteiger partial charge < -0.3 is 10.5 Å². The highest BCUT2D eigenvalue weighted by atomic mass is 19.1. The van der Waals surface area contributed by atoms with Crippen LogP contribution in [0, 0.1) is 5.82 Å². The summed E-state index contributed by atoms with van der Waals surface area (Å²) in [7, 11) is 0. The second-order valence-electron chi connectivity index (χ2n) is 6.57. The minimum atomic E-state index is -1.26. The van der Waals surface area contributed by atoms with Crippen molar-refractivity contribution in [1.29, 1.82) is 0 Å². The first-order chi connectivity index (χ1) is 11.2. The monoisotopic (exact) mass is 329 g/mol. The molecule has 0 aliphatic carbocycles. The Morgan fingerprint density at radius 1 is 1.00 bits per heavy atom. The van der Waals surface area contributed by atoms with Crippen molar-refractivity contribution >= 4 is 11.9 Å². The Bertz CT molecular complexity index is 731. The average Bonchev–Trinajstić information content (AvgIpc) is 2.52. The Hall–Kier alpha value is -2.69. The van der Waals surface area contributed by atoms with Crippen molar-refractivity contribution in [2.24, 2.45) is 5.73 Å². The fourth-order valence-electron chi connectivity index (χ4n) is 2.21. The van der Waals surface area contributed by atoms with Crippen LogP contribution in [-0.4, -0.2) is 11.9 Å². The molecule has 1 atom stereocenters. The Balaban J connectivity index is 2.19. The summed E-state index contributed by atoms with van der Waals surface area (Å²) in [4.78, 5) is 23.8. The molecule has 126 valence electrons. The number of amides is 1. The molecule has 2 aromatic rings. The minimum absolute atomic E-state index is 0.0354. The van der Waals surface area contributed by atoms with Crippen LogP contribution in [0.4, 0.5) is 4.39 Å². The number of benzene rings is 2. The third kappa shape index (κ3) is 4.19. The van der Waals surface area contributed by atoms with Crippen molar-refractivity contribution in [1.82, 2.24) is 0 Å². The molecule has 4 nitrogen and oxygen atoms in total. The molecule has 0 aliphatic rings. The third-order valence-corrected chi connectivity index (χ3v) is 3.64. The van der Waals surface area contributed by atoms with E-state index in [1.165, 1.54) is 24.3 Å². The molecule has 5 heteroatoms. The van der Waals surface area contributed by atoms with Gasteiger partial charge in [-0.15, -0.1) is 0 Å². The van der Waals surface area contributed by atoms with E-state index < -0.39 is 23.8 Å². The largest absolute Gasteiger partial charge is 0.444 e. The van der Waals surface area contributed by atoms with Gasteiger partial charge in [-0.2, -0.15) is 0 Å². The number of nitrogens with two attached hydrogens (primary N) is 1. The van der Waals surface area contributed by atoms with E-state index in [2.05, 4.69) is 20.8 Å². The lowest BCUT2D eigenvalue weighted by atomic mass is 9.87. The summed E-state index contributed by atoms with van der Waals surface area (Å²) in [6.45, 7) is 6.20. The van der Waals surface area contributed by atoms with Gasteiger partial charge in [-0.25, -0.2) is 9.18 Å². The van der Waals surface area contributed by atoms with Crippen molar-refractivity contribution in [3.05, 3.63) is 71.0 Å². The molecule has 1 amide bonds. The number of rotatable bonds is 4. The normalized spacial score (nSPS) is 12.5. The summed E-state index contributed by atoms with van der Waals surface area (Å²) in [6.07, 6.45) is -1.26. The van der Waals surface area contributed by atoms with Gasteiger partial charge in [0.25, 0.3) is 5.91 Å². The molecule has 0 radical (unpaired) electrons. The SMILES string of the molecule is CC(C)(C)c1ccc(C(=O)O[C@@H](C(N)=O)c2ccc(F)cc2)cc1. The van der Waals surface area contributed by atoms with Crippen molar-refractivity contribution in [3.63, 3.8) is 0 Å². The smallest absolute Gasteiger partial charge is 0.339 e. The molecule has 2 N–H and O–H groups in total. The number of esters is 1. The molecule has 0 aromatic heterocycles. The van der Waals surface area contributed by atoms with E-state index in [0.29, 0.717) is 11.1 Å². The fourth-order valence-corrected chi connectivity index (χ4v) is 2.21.